The quantitative estimate of drug-likeness (QED) is 0.766. The molecule has 0 spiro atoms. The van der Waals surface area contributed by atoms with E-state index in [1.807, 2.05) is 0 Å². The predicted molar refractivity (Wildman–Crippen MR) is 47.7 cm³/mol. The number of alkyl halides is 2. The second-order valence-corrected chi connectivity index (χ2v) is 4.16. The second kappa shape index (κ2) is 2.97. The van der Waals surface area contributed by atoms with E-state index in [-0.39, 0.29) is 15.6 Å². The molecular weight excluding hydrogens is 261 g/mol. The molecule has 0 heterocycles. The van der Waals surface area contributed by atoms with Gasteiger partial charge in [-0.05, 0) is 17.7 Å². The van der Waals surface area contributed by atoms with E-state index in [1.54, 1.807) is 0 Å². The Morgan fingerprint density at radius 3 is 2.71 bits per heavy atom. The Balaban J connectivity index is 2.59. The Kier molecular flexibility index (Phi) is 2.12. The predicted octanol–water partition coefficient (Wildman–Crippen LogP) is 2.81. The first kappa shape index (κ1) is 9.98. The fourth-order valence-electron chi connectivity index (χ4n) is 1.65. The highest BCUT2D eigenvalue weighted by Crippen LogP contribution is 2.46. The Hall–Kier alpha value is -0.550. The van der Waals surface area contributed by atoms with Crippen molar-refractivity contribution in [2.75, 3.05) is 0 Å². The van der Waals surface area contributed by atoms with Crippen LogP contribution in [0.25, 0.3) is 0 Å². The molecule has 0 saturated heterocycles. The van der Waals surface area contributed by atoms with Crippen LogP contribution in [0.1, 0.15) is 17.2 Å². The van der Waals surface area contributed by atoms with Crippen LogP contribution >= 0.6 is 15.9 Å². The summed E-state index contributed by atoms with van der Waals surface area (Å²) in [5, 5.41) is 9.28. The lowest BCUT2D eigenvalue weighted by molar-refractivity contribution is -0.0970. The summed E-state index contributed by atoms with van der Waals surface area (Å²) in [6.45, 7) is 0. The average Bonchev–Trinajstić information content (AvgIpc) is 2.21. The Morgan fingerprint density at radius 1 is 1.43 bits per heavy atom. The number of fused-ring (bicyclic) bond motifs is 1. The molecule has 0 amide bonds. The lowest BCUT2D eigenvalue weighted by Gasteiger charge is -2.13. The molecular formula is C9H6BrF3O. The molecule has 0 bridgehead atoms. The number of aliphatic hydroxyl groups is 1. The molecule has 1 nitrogen and oxygen atoms in total. The van der Waals surface area contributed by atoms with Crippen LogP contribution in [0.5, 0.6) is 0 Å². The third-order valence-electron chi connectivity index (χ3n) is 2.28. The Bertz CT molecular complexity index is 392. The van der Waals surface area contributed by atoms with E-state index in [1.165, 1.54) is 0 Å². The minimum Gasteiger partial charge on any atom is -0.382 e. The molecule has 1 aromatic carbocycles. The third-order valence-corrected chi connectivity index (χ3v) is 2.94. The lowest BCUT2D eigenvalue weighted by atomic mass is 10.1. The largest absolute Gasteiger partial charge is 0.382 e. The molecule has 0 aliphatic heterocycles. The van der Waals surface area contributed by atoms with Crippen molar-refractivity contribution in [3.8, 4) is 0 Å². The number of rotatable bonds is 0. The zero-order valence-electron chi connectivity index (χ0n) is 6.90. The van der Waals surface area contributed by atoms with Crippen LogP contribution < -0.4 is 0 Å². The van der Waals surface area contributed by atoms with E-state index in [2.05, 4.69) is 15.9 Å². The molecule has 1 aliphatic carbocycles. The van der Waals surface area contributed by atoms with E-state index in [0.717, 1.165) is 12.1 Å². The molecule has 0 fully saturated rings. The number of halogens is 4. The zero-order valence-corrected chi connectivity index (χ0v) is 8.48. The number of hydrogen-bond acceptors (Lipinski definition) is 1. The SMILES string of the molecule is OC1c2c(Br)cc(F)cc2CC1(F)F. The van der Waals surface area contributed by atoms with Crippen molar-refractivity contribution < 1.29 is 18.3 Å². The molecule has 1 atom stereocenters. The van der Waals surface area contributed by atoms with Gasteiger partial charge in [-0.25, -0.2) is 13.2 Å². The highest BCUT2D eigenvalue weighted by molar-refractivity contribution is 9.10. The number of benzene rings is 1. The monoisotopic (exact) mass is 266 g/mol. The Labute approximate surface area is 86.7 Å². The van der Waals surface area contributed by atoms with E-state index in [9.17, 15) is 18.3 Å². The fourth-order valence-corrected chi connectivity index (χ4v) is 2.34. The molecule has 1 aromatic rings. The summed E-state index contributed by atoms with van der Waals surface area (Å²) in [6, 6.07) is 2.10. The third kappa shape index (κ3) is 1.35. The number of hydrogen-bond donors (Lipinski definition) is 1. The molecule has 1 aliphatic rings. The summed E-state index contributed by atoms with van der Waals surface area (Å²) in [7, 11) is 0. The van der Waals surface area contributed by atoms with Gasteiger partial charge in [0.25, 0.3) is 5.92 Å². The zero-order chi connectivity index (χ0) is 10.5. The summed E-state index contributed by atoms with van der Waals surface area (Å²) in [5.74, 6) is -3.78. The summed E-state index contributed by atoms with van der Waals surface area (Å²) in [6.07, 6.45) is -2.45. The maximum atomic E-state index is 13.0. The van der Waals surface area contributed by atoms with Gasteiger partial charge in [0.1, 0.15) is 11.9 Å². The van der Waals surface area contributed by atoms with Crippen LogP contribution in [0, 0.1) is 5.82 Å². The van der Waals surface area contributed by atoms with Gasteiger partial charge < -0.3 is 5.11 Å². The standard InChI is InChI=1S/C9H6BrF3O/c10-6-2-5(11)1-4-3-9(12,13)8(14)7(4)6/h1-2,8,14H,3H2. The van der Waals surface area contributed by atoms with E-state index in [0.29, 0.717) is 0 Å². The summed E-state index contributed by atoms with van der Waals surface area (Å²) >= 11 is 2.96. The molecule has 0 aromatic heterocycles. The first-order valence-electron chi connectivity index (χ1n) is 3.95. The van der Waals surface area contributed by atoms with Crippen LogP contribution in [-0.2, 0) is 6.42 Å². The molecule has 14 heavy (non-hydrogen) atoms. The van der Waals surface area contributed by atoms with Crippen LogP contribution in [-0.4, -0.2) is 11.0 Å². The molecule has 2 rings (SSSR count). The van der Waals surface area contributed by atoms with Crippen LogP contribution in [0.2, 0.25) is 0 Å². The second-order valence-electron chi connectivity index (χ2n) is 3.30. The van der Waals surface area contributed by atoms with Gasteiger partial charge >= 0.3 is 0 Å². The topological polar surface area (TPSA) is 20.2 Å². The van der Waals surface area contributed by atoms with Crippen molar-refractivity contribution in [2.45, 2.75) is 18.4 Å². The molecule has 1 unspecified atom stereocenters. The molecule has 0 radical (unpaired) electrons. The highest BCUT2D eigenvalue weighted by Gasteiger charge is 2.47. The highest BCUT2D eigenvalue weighted by atomic mass is 79.9. The minimum absolute atomic E-state index is 0.0939. The van der Waals surface area contributed by atoms with Crippen molar-refractivity contribution in [2.24, 2.45) is 0 Å². The van der Waals surface area contributed by atoms with Gasteiger partial charge in [-0.3, -0.25) is 0 Å². The fraction of sp³-hybridized carbons (Fsp3) is 0.333. The van der Waals surface area contributed by atoms with Gasteiger partial charge in [-0.2, -0.15) is 0 Å². The minimum atomic E-state index is -3.20. The van der Waals surface area contributed by atoms with E-state index in [4.69, 9.17) is 0 Å². The summed E-state index contributed by atoms with van der Waals surface area (Å²) < 4.78 is 39.1. The average molecular weight is 267 g/mol. The molecule has 76 valence electrons. The molecule has 5 heteroatoms. The van der Waals surface area contributed by atoms with Crippen LogP contribution in [0.4, 0.5) is 13.2 Å². The van der Waals surface area contributed by atoms with Crippen molar-refractivity contribution in [1.29, 1.82) is 0 Å². The van der Waals surface area contributed by atoms with Crippen molar-refractivity contribution in [3.05, 3.63) is 33.5 Å². The summed E-state index contributed by atoms with van der Waals surface area (Å²) in [5.41, 5.74) is 0.255. The van der Waals surface area contributed by atoms with Crippen molar-refractivity contribution in [1.82, 2.24) is 0 Å². The van der Waals surface area contributed by atoms with Gasteiger partial charge in [0.2, 0.25) is 0 Å². The van der Waals surface area contributed by atoms with E-state index < -0.39 is 24.3 Å². The van der Waals surface area contributed by atoms with Gasteiger partial charge in [0, 0.05) is 16.5 Å². The van der Waals surface area contributed by atoms with Gasteiger partial charge in [0.15, 0.2) is 0 Å². The van der Waals surface area contributed by atoms with Crippen molar-refractivity contribution >= 4 is 15.9 Å². The van der Waals surface area contributed by atoms with Gasteiger partial charge in [0.05, 0.1) is 0 Å². The van der Waals surface area contributed by atoms with Gasteiger partial charge in [-0.1, -0.05) is 15.9 Å². The first-order valence-corrected chi connectivity index (χ1v) is 4.75. The molecule has 1 N–H and O–H groups in total. The maximum absolute atomic E-state index is 13.0. The lowest BCUT2D eigenvalue weighted by Crippen LogP contribution is -2.21. The first-order chi connectivity index (χ1) is 6.42. The summed E-state index contributed by atoms with van der Waals surface area (Å²) in [4.78, 5) is 0. The van der Waals surface area contributed by atoms with Gasteiger partial charge in [-0.15, -0.1) is 0 Å². The van der Waals surface area contributed by atoms with Crippen LogP contribution in [0.3, 0.4) is 0 Å². The van der Waals surface area contributed by atoms with Crippen molar-refractivity contribution in [3.63, 3.8) is 0 Å². The van der Waals surface area contributed by atoms with E-state index >= 15 is 0 Å². The smallest absolute Gasteiger partial charge is 0.281 e. The number of aliphatic hydroxyl groups excluding tert-OH is 1. The van der Waals surface area contributed by atoms with Crippen LogP contribution in [0.15, 0.2) is 16.6 Å². The normalized spacial score (nSPS) is 23.6. The Morgan fingerprint density at radius 2 is 2.07 bits per heavy atom. The molecule has 0 saturated carbocycles. The maximum Gasteiger partial charge on any atom is 0.281 e.